The summed E-state index contributed by atoms with van der Waals surface area (Å²) in [6.07, 6.45) is 3.22. The monoisotopic (exact) mass is 361 g/mol. The number of anilines is 2. The second-order valence-corrected chi connectivity index (χ2v) is 8.22. The number of nitrogens with one attached hydrogen (secondary N) is 2. The maximum atomic E-state index is 13.9. The minimum Gasteiger partial charge on any atom is -0.323 e. The van der Waals surface area contributed by atoms with Gasteiger partial charge in [0.2, 0.25) is 5.91 Å². The molecule has 2 aromatic rings. The Hall–Kier alpha value is -2.28. The molecule has 5 nitrogen and oxygen atoms in total. The van der Waals surface area contributed by atoms with E-state index in [9.17, 15) is 14.0 Å². The molecule has 0 unspecified atom stereocenters. The zero-order valence-electron chi connectivity index (χ0n) is 14.4. The number of carbonyl (C=O) groups excluding carboxylic acids is 2. The normalized spacial score (nSPS) is 14.2. The average molecular weight is 361 g/mol. The van der Waals surface area contributed by atoms with Crippen LogP contribution in [0.3, 0.4) is 0 Å². The number of thiazole rings is 1. The van der Waals surface area contributed by atoms with Gasteiger partial charge in [0.25, 0.3) is 5.91 Å². The summed E-state index contributed by atoms with van der Waals surface area (Å²) >= 11 is 1.33. The summed E-state index contributed by atoms with van der Waals surface area (Å²) in [5.41, 5.74) is 0.372. The molecule has 0 bridgehead atoms. The number of aromatic nitrogens is 1. The van der Waals surface area contributed by atoms with E-state index in [-0.39, 0.29) is 28.8 Å². The van der Waals surface area contributed by atoms with Crippen molar-refractivity contribution in [2.75, 3.05) is 10.6 Å². The minimum absolute atomic E-state index is 0.0225. The van der Waals surface area contributed by atoms with E-state index in [4.69, 9.17) is 0 Å². The van der Waals surface area contributed by atoms with Crippen LogP contribution in [0.4, 0.5) is 15.8 Å². The van der Waals surface area contributed by atoms with Gasteiger partial charge in [-0.1, -0.05) is 20.8 Å². The van der Waals surface area contributed by atoms with Gasteiger partial charge in [0.15, 0.2) is 0 Å². The summed E-state index contributed by atoms with van der Waals surface area (Å²) in [5.74, 6) is -1.04. The van der Waals surface area contributed by atoms with Crippen molar-refractivity contribution < 1.29 is 14.0 Å². The minimum atomic E-state index is -0.528. The van der Waals surface area contributed by atoms with E-state index in [0.717, 1.165) is 17.8 Å². The maximum Gasteiger partial charge on any atom is 0.267 e. The molecular weight excluding hydrogens is 341 g/mol. The van der Waals surface area contributed by atoms with Crippen LogP contribution in [0.15, 0.2) is 24.4 Å². The quantitative estimate of drug-likeness (QED) is 0.858. The van der Waals surface area contributed by atoms with Gasteiger partial charge < -0.3 is 10.6 Å². The van der Waals surface area contributed by atoms with E-state index in [1.54, 1.807) is 6.20 Å². The van der Waals surface area contributed by atoms with Crippen molar-refractivity contribution in [1.29, 1.82) is 0 Å². The van der Waals surface area contributed by atoms with Crippen LogP contribution >= 0.6 is 11.3 Å². The number of carbonyl (C=O) groups is 2. The Kier molecular flexibility index (Phi) is 4.60. The predicted molar refractivity (Wildman–Crippen MR) is 96.5 cm³/mol. The van der Waals surface area contributed by atoms with Crippen LogP contribution < -0.4 is 10.6 Å². The van der Waals surface area contributed by atoms with E-state index < -0.39 is 5.82 Å². The summed E-state index contributed by atoms with van der Waals surface area (Å²) < 4.78 is 13.9. The highest BCUT2D eigenvalue weighted by atomic mass is 32.1. The van der Waals surface area contributed by atoms with Gasteiger partial charge in [-0.15, -0.1) is 11.3 Å². The van der Waals surface area contributed by atoms with Crippen molar-refractivity contribution in [3.63, 3.8) is 0 Å². The number of hydrogen-bond donors (Lipinski definition) is 2. The molecule has 0 spiro atoms. The molecule has 1 aromatic heterocycles. The number of hydrogen-bond acceptors (Lipinski definition) is 4. The first-order valence-electron chi connectivity index (χ1n) is 8.12. The zero-order valence-corrected chi connectivity index (χ0v) is 15.2. The molecule has 2 amide bonds. The van der Waals surface area contributed by atoms with E-state index in [1.807, 2.05) is 20.8 Å². The average Bonchev–Trinajstić information content (AvgIpc) is 3.25. The molecule has 3 rings (SSSR count). The van der Waals surface area contributed by atoms with Gasteiger partial charge in [-0.3, -0.25) is 9.59 Å². The third-order valence-electron chi connectivity index (χ3n) is 3.80. The summed E-state index contributed by atoms with van der Waals surface area (Å²) in [6, 6.07) is 4.12. The molecule has 1 heterocycles. The summed E-state index contributed by atoms with van der Waals surface area (Å²) in [7, 11) is 0. The molecule has 132 valence electrons. The lowest BCUT2D eigenvalue weighted by Crippen LogP contribution is -2.15. The Morgan fingerprint density at radius 2 is 1.96 bits per heavy atom. The maximum absolute atomic E-state index is 13.9. The highest BCUT2D eigenvalue weighted by Crippen LogP contribution is 2.31. The third kappa shape index (κ3) is 4.22. The smallest absolute Gasteiger partial charge is 0.267 e. The second-order valence-electron chi connectivity index (χ2n) is 7.19. The van der Waals surface area contributed by atoms with Crippen LogP contribution in [-0.4, -0.2) is 16.8 Å². The number of halogens is 1. The Labute approximate surface area is 149 Å². The molecule has 7 heteroatoms. The molecule has 1 aromatic carbocycles. The summed E-state index contributed by atoms with van der Waals surface area (Å²) in [5, 5.41) is 6.17. The van der Waals surface area contributed by atoms with Gasteiger partial charge in [0.1, 0.15) is 10.7 Å². The Bertz CT molecular complexity index is 822. The Morgan fingerprint density at radius 1 is 1.24 bits per heavy atom. The Balaban J connectivity index is 1.72. The zero-order chi connectivity index (χ0) is 18.2. The van der Waals surface area contributed by atoms with Crippen molar-refractivity contribution in [2.45, 2.75) is 39.0 Å². The summed E-state index contributed by atoms with van der Waals surface area (Å²) in [6.45, 7) is 6.09. The van der Waals surface area contributed by atoms with E-state index in [1.165, 1.54) is 29.5 Å². The van der Waals surface area contributed by atoms with Crippen LogP contribution in [0.2, 0.25) is 0 Å². The lowest BCUT2D eigenvalue weighted by molar-refractivity contribution is -0.117. The largest absolute Gasteiger partial charge is 0.323 e. The van der Waals surface area contributed by atoms with E-state index in [2.05, 4.69) is 15.6 Å². The van der Waals surface area contributed by atoms with Gasteiger partial charge in [-0.05, 0) is 31.0 Å². The van der Waals surface area contributed by atoms with Gasteiger partial charge in [0, 0.05) is 17.0 Å². The van der Waals surface area contributed by atoms with Crippen molar-refractivity contribution in [1.82, 2.24) is 4.98 Å². The first-order chi connectivity index (χ1) is 11.7. The lowest BCUT2D eigenvalue weighted by Gasteiger charge is -2.13. The van der Waals surface area contributed by atoms with Crippen molar-refractivity contribution in [3.05, 3.63) is 40.1 Å². The molecule has 1 aliphatic carbocycles. The fourth-order valence-corrected chi connectivity index (χ4v) is 3.07. The molecular formula is C18H20FN3O2S. The first kappa shape index (κ1) is 17.5. The van der Waals surface area contributed by atoms with Crippen molar-refractivity contribution in [3.8, 4) is 0 Å². The molecule has 0 atom stereocenters. The SMILES string of the molecule is CC(C)(C)c1ncc(C(=O)Nc2ccc(F)c(NC(=O)C3CC3)c2)s1. The second kappa shape index (κ2) is 6.55. The Morgan fingerprint density at radius 3 is 2.56 bits per heavy atom. The molecule has 1 fully saturated rings. The van der Waals surface area contributed by atoms with Crippen molar-refractivity contribution >= 4 is 34.5 Å². The van der Waals surface area contributed by atoms with Gasteiger partial charge in [-0.25, -0.2) is 9.37 Å². The van der Waals surface area contributed by atoms with Crippen LogP contribution in [-0.2, 0) is 10.2 Å². The van der Waals surface area contributed by atoms with Crippen LogP contribution in [0.25, 0.3) is 0 Å². The lowest BCUT2D eigenvalue weighted by atomic mass is 9.98. The number of amides is 2. The number of nitrogens with zero attached hydrogens (tertiary/aromatic N) is 1. The van der Waals surface area contributed by atoms with Crippen LogP contribution in [0.1, 0.15) is 48.3 Å². The van der Waals surface area contributed by atoms with Gasteiger partial charge in [0.05, 0.1) is 16.9 Å². The van der Waals surface area contributed by atoms with Crippen LogP contribution in [0.5, 0.6) is 0 Å². The third-order valence-corrected chi connectivity index (χ3v) is 5.22. The molecule has 0 aliphatic heterocycles. The molecule has 1 saturated carbocycles. The number of rotatable bonds is 4. The molecule has 2 N–H and O–H groups in total. The van der Waals surface area contributed by atoms with E-state index >= 15 is 0 Å². The van der Waals surface area contributed by atoms with Crippen LogP contribution in [0, 0.1) is 11.7 Å². The molecule has 0 radical (unpaired) electrons. The standard InChI is InChI=1S/C18H20FN3O2S/c1-18(2,3)17-20-9-14(25-17)16(24)21-11-6-7-12(19)13(8-11)22-15(23)10-4-5-10/h6-10H,4-5H2,1-3H3,(H,21,24)(H,22,23). The van der Waals surface area contributed by atoms with E-state index in [0.29, 0.717) is 10.6 Å². The molecule has 0 saturated heterocycles. The predicted octanol–water partition coefficient (Wildman–Crippen LogP) is 4.18. The molecule has 1 aliphatic rings. The van der Waals surface area contributed by atoms with Crippen molar-refractivity contribution in [2.24, 2.45) is 5.92 Å². The highest BCUT2D eigenvalue weighted by Gasteiger charge is 2.30. The topological polar surface area (TPSA) is 71.1 Å². The fourth-order valence-electron chi connectivity index (χ4n) is 2.20. The number of benzene rings is 1. The summed E-state index contributed by atoms with van der Waals surface area (Å²) in [4.78, 5) is 28.9. The van der Waals surface area contributed by atoms with Gasteiger partial charge >= 0.3 is 0 Å². The highest BCUT2D eigenvalue weighted by molar-refractivity contribution is 7.13. The fraction of sp³-hybridized carbons (Fsp3) is 0.389. The van der Waals surface area contributed by atoms with Gasteiger partial charge in [-0.2, -0.15) is 0 Å². The molecule has 25 heavy (non-hydrogen) atoms. The first-order valence-corrected chi connectivity index (χ1v) is 8.94.